The monoisotopic (exact) mass is 863 g/mol. The molecule has 0 saturated heterocycles. The van der Waals surface area contributed by atoms with Gasteiger partial charge in [0.1, 0.15) is 0 Å². The maximum absolute atomic E-state index is 12.9. The molecule has 1 aliphatic carbocycles. The third kappa shape index (κ3) is 35.8. The lowest BCUT2D eigenvalue weighted by Crippen LogP contribution is -2.43. The lowest BCUT2D eigenvalue weighted by atomic mass is 9.91. The number of aliphatic hydroxyl groups is 1. The van der Waals surface area contributed by atoms with Gasteiger partial charge < -0.3 is 19.5 Å². The van der Waals surface area contributed by atoms with Crippen molar-refractivity contribution >= 4 is 11.9 Å². The summed E-state index contributed by atoms with van der Waals surface area (Å²) in [6.07, 6.45) is 44.4. The Labute approximate surface area is 380 Å². The first-order valence-corrected chi connectivity index (χ1v) is 27.4. The first-order valence-electron chi connectivity index (χ1n) is 27.4. The third-order valence-electron chi connectivity index (χ3n) is 13.7. The summed E-state index contributed by atoms with van der Waals surface area (Å²) in [6.45, 7) is 15.3. The number of esters is 2. The standard InChI is InChI=1S/C54H106N2O5/c1-5-9-13-17-19-26-36-50(34-24-15-11-7-3)48-53(58)60-46-32-22-30-40-55(42-43-56(44-45-57)52-38-28-21-29-39-52)41-31-23-33-47-61-54(59)49-51(35-25-16-12-8-4)37-27-20-18-14-10-6-2/h50-52,57H,5-49H2,1-4H3. The predicted octanol–water partition coefficient (Wildman–Crippen LogP) is 14.8. The van der Waals surface area contributed by atoms with E-state index in [9.17, 15) is 14.7 Å². The number of rotatable bonds is 46. The largest absolute Gasteiger partial charge is 0.466 e. The van der Waals surface area contributed by atoms with Gasteiger partial charge in [0.05, 0.1) is 19.8 Å². The Bertz CT molecular complexity index is 884. The van der Waals surface area contributed by atoms with Crippen molar-refractivity contribution in [2.75, 3.05) is 52.5 Å². The van der Waals surface area contributed by atoms with Gasteiger partial charge in [-0.25, -0.2) is 0 Å². The van der Waals surface area contributed by atoms with Crippen LogP contribution in [0, 0.1) is 11.8 Å². The molecule has 1 saturated carbocycles. The maximum atomic E-state index is 12.9. The molecule has 0 aliphatic heterocycles. The number of carbonyl (C=O) groups is 2. The average molecular weight is 863 g/mol. The zero-order valence-electron chi connectivity index (χ0n) is 41.5. The van der Waals surface area contributed by atoms with Gasteiger partial charge in [-0.05, 0) is 102 Å². The Hall–Kier alpha value is -1.18. The Morgan fingerprint density at radius 1 is 0.459 bits per heavy atom. The van der Waals surface area contributed by atoms with E-state index in [1.165, 1.54) is 186 Å². The number of carbonyl (C=O) groups excluding carboxylic acids is 2. The Morgan fingerprint density at radius 3 is 1.25 bits per heavy atom. The smallest absolute Gasteiger partial charge is 0.306 e. The molecule has 0 radical (unpaired) electrons. The van der Waals surface area contributed by atoms with E-state index in [0.29, 0.717) is 43.9 Å². The van der Waals surface area contributed by atoms with Crippen molar-refractivity contribution in [2.24, 2.45) is 11.8 Å². The van der Waals surface area contributed by atoms with Crippen LogP contribution in [0.5, 0.6) is 0 Å². The minimum absolute atomic E-state index is 0.0147. The average Bonchev–Trinajstić information content (AvgIpc) is 3.26. The van der Waals surface area contributed by atoms with Crippen molar-refractivity contribution in [3.05, 3.63) is 0 Å². The van der Waals surface area contributed by atoms with Crippen molar-refractivity contribution < 1.29 is 24.2 Å². The fourth-order valence-electron chi connectivity index (χ4n) is 9.69. The zero-order valence-corrected chi connectivity index (χ0v) is 41.5. The highest BCUT2D eigenvalue weighted by Gasteiger charge is 2.22. The normalized spacial score (nSPS) is 14.5. The summed E-state index contributed by atoms with van der Waals surface area (Å²) in [6, 6.07) is 0.607. The molecule has 2 unspecified atom stereocenters. The summed E-state index contributed by atoms with van der Waals surface area (Å²) in [4.78, 5) is 31.0. The molecule has 1 aliphatic rings. The minimum Gasteiger partial charge on any atom is -0.466 e. The van der Waals surface area contributed by atoms with Gasteiger partial charge in [0.2, 0.25) is 0 Å². The highest BCUT2D eigenvalue weighted by atomic mass is 16.5. The molecule has 362 valence electrons. The van der Waals surface area contributed by atoms with Crippen LogP contribution >= 0.6 is 0 Å². The van der Waals surface area contributed by atoms with Gasteiger partial charge >= 0.3 is 11.9 Å². The molecule has 0 amide bonds. The number of unbranched alkanes of at least 4 members (excludes halogenated alkanes) is 20. The van der Waals surface area contributed by atoms with E-state index < -0.39 is 0 Å². The number of hydrogen-bond acceptors (Lipinski definition) is 7. The number of aliphatic hydroxyl groups excluding tert-OH is 1. The number of hydrogen-bond donors (Lipinski definition) is 1. The molecule has 0 aromatic carbocycles. The summed E-state index contributed by atoms with van der Waals surface area (Å²) >= 11 is 0. The second-order valence-corrected chi connectivity index (χ2v) is 19.4. The molecule has 0 heterocycles. The molecule has 61 heavy (non-hydrogen) atoms. The predicted molar refractivity (Wildman–Crippen MR) is 261 cm³/mol. The van der Waals surface area contributed by atoms with Crippen molar-refractivity contribution in [3.8, 4) is 0 Å². The van der Waals surface area contributed by atoms with Crippen LogP contribution in [-0.2, 0) is 19.1 Å². The maximum Gasteiger partial charge on any atom is 0.306 e. The molecule has 2 atom stereocenters. The SMILES string of the molecule is CCCCCCCCC(CCCCCC)CC(=O)OCCCCCN(CCCCCOC(=O)CC(CCCCCC)CCCCCCCC)CCN(CCO)C1CCCCC1. The quantitative estimate of drug-likeness (QED) is 0.0482. The van der Waals surface area contributed by atoms with Crippen LogP contribution in [0.4, 0.5) is 0 Å². The van der Waals surface area contributed by atoms with E-state index in [2.05, 4.69) is 37.5 Å². The molecular weight excluding hydrogens is 757 g/mol. The van der Waals surface area contributed by atoms with Crippen molar-refractivity contribution in [1.82, 2.24) is 9.80 Å². The van der Waals surface area contributed by atoms with Gasteiger partial charge in [-0.1, -0.05) is 175 Å². The van der Waals surface area contributed by atoms with Crippen LogP contribution in [0.3, 0.4) is 0 Å². The molecular formula is C54H106N2O5. The molecule has 0 bridgehead atoms. The van der Waals surface area contributed by atoms with E-state index in [-0.39, 0.29) is 18.5 Å². The van der Waals surface area contributed by atoms with Gasteiger partial charge in [0.15, 0.2) is 0 Å². The van der Waals surface area contributed by atoms with E-state index in [1.807, 2.05) is 0 Å². The number of ether oxygens (including phenoxy) is 2. The topological polar surface area (TPSA) is 79.3 Å². The van der Waals surface area contributed by atoms with Gasteiger partial charge in [-0.15, -0.1) is 0 Å². The fourth-order valence-corrected chi connectivity index (χ4v) is 9.69. The minimum atomic E-state index is 0.0147. The van der Waals surface area contributed by atoms with Gasteiger partial charge in [-0.2, -0.15) is 0 Å². The summed E-state index contributed by atoms with van der Waals surface area (Å²) in [5.74, 6) is 0.987. The van der Waals surface area contributed by atoms with Gasteiger partial charge in [0.25, 0.3) is 0 Å². The second-order valence-electron chi connectivity index (χ2n) is 19.4. The summed E-state index contributed by atoms with van der Waals surface area (Å²) < 4.78 is 11.6. The van der Waals surface area contributed by atoms with E-state index in [4.69, 9.17) is 9.47 Å². The van der Waals surface area contributed by atoms with E-state index >= 15 is 0 Å². The Balaban J connectivity index is 2.54. The highest BCUT2D eigenvalue weighted by Crippen LogP contribution is 2.25. The van der Waals surface area contributed by atoms with Crippen molar-refractivity contribution in [1.29, 1.82) is 0 Å². The molecule has 1 rings (SSSR count). The summed E-state index contributed by atoms with van der Waals surface area (Å²) in [5.41, 5.74) is 0. The molecule has 7 nitrogen and oxygen atoms in total. The molecule has 1 fully saturated rings. The Morgan fingerprint density at radius 2 is 0.836 bits per heavy atom. The van der Waals surface area contributed by atoms with E-state index in [0.717, 1.165) is 71.2 Å². The van der Waals surface area contributed by atoms with Crippen molar-refractivity contribution in [3.63, 3.8) is 0 Å². The lowest BCUT2D eigenvalue weighted by Gasteiger charge is -2.35. The van der Waals surface area contributed by atoms with Crippen LogP contribution < -0.4 is 0 Å². The molecule has 0 spiro atoms. The van der Waals surface area contributed by atoms with Crippen LogP contribution in [-0.4, -0.2) is 85.4 Å². The first-order chi connectivity index (χ1) is 30.0. The zero-order chi connectivity index (χ0) is 44.3. The first kappa shape index (κ1) is 57.8. The van der Waals surface area contributed by atoms with Crippen LogP contribution in [0.15, 0.2) is 0 Å². The Kier molecular flexibility index (Phi) is 41.8. The third-order valence-corrected chi connectivity index (χ3v) is 13.7. The molecule has 7 heteroatoms. The lowest BCUT2D eigenvalue weighted by molar-refractivity contribution is -0.146. The molecule has 1 N–H and O–H groups in total. The summed E-state index contributed by atoms with van der Waals surface area (Å²) in [7, 11) is 0. The fraction of sp³-hybridized carbons (Fsp3) is 0.963. The van der Waals surface area contributed by atoms with Gasteiger partial charge in [-0.3, -0.25) is 14.5 Å². The van der Waals surface area contributed by atoms with E-state index in [1.54, 1.807) is 0 Å². The molecule has 0 aromatic heterocycles. The van der Waals surface area contributed by atoms with Crippen LogP contribution in [0.2, 0.25) is 0 Å². The van der Waals surface area contributed by atoms with Gasteiger partial charge in [0, 0.05) is 38.5 Å². The van der Waals surface area contributed by atoms with Crippen molar-refractivity contribution in [2.45, 2.75) is 271 Å². The number of nitrogens with zero attached hydrogens (tertiary/aromatic N) is 2. The van der Waals surface area contributed by atoms with Crippen LogP contribution in [0.1, 0.15) is 265 Å². The van der Waals surface area contributed by atoms with Crippen LogP contribution in [0.25, 0.3) is 0 Å². The highest BCUT2D eigenvalue weighted by molar-refractivity contribution is 5.70. The second kappa shape index (κ2) is 44.0. The summed E-state index contributed by atoms with van der Waals surface area (Å²) in [5, 5.41) is 9.89. The molecule has 0 aromatic rings.